The van der Waals surface area contributed by atoms with E-state index in [0.717, 1.165) is 62.7 Å². The monoisotopic (exact) mass is 790 g/mol. The molecule has 8 nitrogen and oxygen atoms in total. The van der Waals surface area contributed by atoms with Gasteiger partial charge in [-0.1, -0.05) is 59.7 Å². The fraction of sp³-hybridized carbons (Fsp3) is 0.596. The minimum Gasteiger partial charge on any atom is -0.493 e. The Balaban J connectivity index is 1.73. The van der Waals surface area contributed by atoms with Crippen LogP contribution in [0.4, 0.5) is 0 Å². The Hall–Kier alpha value is -3.72. The van der Waals surface area contributed by atoms with E-state index in [4.69, 9.17) is 32.6 Å². The Morgan fingerprint density at radius 2 is 0.875 bits per heavy atom. The Morgan fingerprint density at radius 1 is 0.536 bits per heavy atom. The first-order valence-corrected chi connectivity index (χ1v) is 23.1. The predicted octanol–water partition coefficient (Wildman–Crippen LogP) is 12.4. The van der Waals surface area contributed by atoms with Gasteiger partial charge < -0.3 is 32.6 Å². The molecule has 4 aliphatic rings. The molecule has 56 heavy (non-hydrogen) atoms. The molecule has 3 aromatic rings. The molecule has 0 heterocycles. The lowest BCUT2D eigenvalue weighted by molar-refractivity contribution is -0.160. The molecular weight excluding hydrogens is 725 g/mol. The minimum absolute atomic E-state index is 0.140. The molecule has 0 saturated heterocycles. The third-order valence-corrected chi connectivity index (χ3v) is 14.4. The van der Waals surface area contributed by atoms with Gasteiger partial charge in [0, 0.05) is 39.5 Å². The molecule has 4 bridgehead atoms. The smallest absolute Gasteiger partial charge is 0.323 e. The highest BCUT2D eigenvalue weighted by molar-refractivity contribution is 8.30. The summed E-state index contributed by atoms with van der Waals surface area (Å²) < 4.78 is 47.4. The summed E-state index contributed by atoms with van der Waals surface area (Å²) in [6, 6.07) is 18.0. The first-order chi connectivity index (χ1) is 27.3. The van der Waals surface area contributed by atoms with Crippen LogP contribution >= 0.6 is 10.3 Å². The van der Waals surface area contributed by atoms with Crippen molar-refractivity contribution in [2.75, 3.05) is 39.6 Å². The van der Waals surface area contributed by atoms with Crippen LogP contribution in [0.1, 0.15) is 119 Å². The van der Waals surface area contributed by atoms with Crippen molar-refractivity contribution in [1.82, 2.24) is 0 Å². The predicted molar refractivity (Wildman–Crippen MR) is 223 cm³/mol. The van der Waals surface area contributed by atoms with E-state index in [-0.39, 0.29) is 5.97 Å². The zero-order chi connectivity index (χ0) is 39.5. The van der Waals surface area contributed by atoms with Crippen LogP contribution in [0.15, 0.2) is 69.3 Å². The van der Waals surface area contributed by atoms with Crippen LogP contribution in [0.2, 0.25) is 0 Å². The zero-order valence-electron chi connectivity index (χ0n) is 34.8. The van der Waals surface area contributed by atoms with Gasteiger partial charge in [-0.2, -0.15) is 0 Å². The summed E-state index contributed by atoms with van der Waals surface area (Å²) in [6.45, 7) is 15.5. The van der Waals surface area contributed by atoms with Gasteiger partial charge in [-0.15, -0.1) is 0 Å². The van der Waals surface area contributed by atoms with Crippen molar-refractivity contribution in [3.05, 3.63) is 54.6 Å². The number of rotatable bonds is 23. The van der Waals surface area contributed by atoms with Gasteiger partial charge in [-0.05, 0) is 107 Å². The van der Waals surface area contributed by atoms with Crippen molar-refractivity contribution in [1.29, 1.82) is 0 Å². The number of hydrogen-bond donors (Lipinski definition) is 0. The average Bonchev–Trinajstić information content (AvgIpc) is 3.20. The second kappa shape index (κ2) is 19.6. The summed E-state index contributed by atoms with van der Waals surface area (Å²) >= 11 is 0. The van der Waals surface area contributed by atoms with E-state index in [2.05, 4.69) is 53.7 Å². The topological polar surface area (TPSA) is 81.7 Å². The first-order valence-electron chi connectivity index (χ1n) is 21.6. The largest absolute Gasteiger partial charge is 0.493 e. The molecule has 308 valence electrons. The highest BCUT2D eigenvalue weighted by Crippen LogP contribution is 2.78. The van der Waals surface area contributed by atoms with Crippen LogP contribution in [-0.2, 0) is 8.98 Å². The quantitative estimate of drug-likeness (QED) is 0.0939. The Bertz CT molecular complexity index is 1560. The maximum absolute atomic E-state index is 15.7. The van der Waals surface area contributed by atoms with E-state index in [1.807, 2.05) is 42.5 Å². The molecule has 4 fully saturated rings. The van der Waals surface area contributed by atoms with Gasteiger partial charge in [0.05, 0.1) is 45.1 Å². The standard InChI is InChI=1S/C47H66O8S/c1-7-18-49-37-27-40(51-20-9-3)44(41(28-37)52-21-10-4)56(39-16-14-13-15-17-39,55-46(48)47-31-34-24-35(32-47)26-36(25-34)33-47)45-42(53-22-11-5)29-38(50-19-8-2)30-43(45)54-23-12-6/h13-17,27-30,34-36H,7-12,18-26,31-33H2,1-6H3. The van der Waals surface area contributed by atoms with Gasteiger partial charge in [0.1, 0.15) is 44.3 Å². The van der Waals surface area contributed by atoms with Gasteiger partial charge in [0.25, 0.3) is 0 Å². The molecule has 0 aliphatic heterocycles. The lowest BCUT2D eigenvalue weighted by Gasteiger charge is -2.56. The van der Waals surface area contributed by atoms with Crippen molar-refractivity contribution in [3.63, 3.8) is 0 Å². The second-order valence-corrected chi connectivity index (χ2v) is 18.6. The van der Waals surface area contributed by atoms with E-state index < -0.39 is 15.7 Å². The van der Waals surface area contributed by atoms with Crippen LogP contribution < -0.4 is 28.4 Å². The van der Waals surface area contributed by atoms with E-state index in [1.165, 1.54) is 19.3 Å². The molecule has 0 atom stereocenters. The van der Waals surface area contributed by atoms with Crippen LogP contribution in [-0.4, -0.2) is 45.6 Å². The van der Waals surface area contributed by atoms with Gasteiger partial charge in [-0.25, -0.2) is 0 Å². The number of hydrogen-bond acceptors (Lipinski definition) is 8. The van der Waals surface area contributed by atoms with Crippen molar-refractivity contribution in [3.8, 4) is 34.5 Å². The summed E-state index contributed by atoms with van der Waals surface area (Å²) in [5, 5.41) is 0. The van der Waals surface area contributed by atoms with E-state index in [0.29, 0.717) is 102 Å². The molecule has 0 amide bonds. The van der Waals surface area contributed by atoms with Gasteiger partial charge in [-0.3, -0.25) is 4.79 Å². The molecule has 4 saturated carbocycles. The third kappa shape index (κ3) is 9.03. The molecule has 0 aromatic heterocycles. The van der Waals surface area contributed by atoms with Crippen molar-refractivity contribution < 1.29 is 37.4 Å². The maximum atomic E-state index is 15.7. The average molecular weight is 791 g/mol. The lowest BCUT2D eigenvalue weighted by atomic mass is 9.49. The molecule has 3 aromatic carbocycles. The van der Waals surface area contributed by atoms with Crippen molar-refractivity contribution in [2.24, 2.45) is 23.2 Å². The minimum atomic E-state index is -3.10. The molecule has 9 heteroatoms. The van der Waals surface area contributed by atoms with Crippen LogP contribution in [0.5, 0.6) is 34.5 Å². The Kier molecular flexibility index (Phi) is 14.7. The SMILES string of the molecule is CCCOc1cc(OCCC)c(S(OC(=O)C23CC4CC(CC(C4)C2)C3)(c2ccccc2)c2c(OCCC)cc(OCCC)cc2OCCC)c(OCCC)c1. The van der Waals surface area contributed by atoms with Crippen LogP contribution in [0.25, 0.3) is 0 Å². The summed E-state index contributed by atoms with van der Waals surface area (Å²) in [5.41, 5.74) is -0.556. The maximum Gasteiger partial charge on any atom is 0.323 e. The fourth-order valence-corrected chi connectivity index (χ4v) is 12.7. The van der Waals surface area contributed by atoms with Gasteiger partial charge in [0.15, 0.2) is 0 Å². The summed E-state index contributed by atoms with van der Waals surface area (Å²) in [7, 11) is -3.10. The lowest BCUT2D eigenvalue weighted by Crippen LogP contribution is -2.50. The van der Waals surface area contributed by atoms with Crippen molar-refractivity contribution >= 4 is 16.3 Å². The van der Waals surface area contributed by atoms with Gasteiger partial charge >= 0.3 is 5.97 Å². The molecule has 0 radical (unpaired) electrons. The Morgan fingerprint density at radius 3 is 1.21 bits per heavy atom. The molecule has 4 aliphatic carbocycles. The third-order valence-electron chi connectivity index (χ3n) is 11.1. The number of carbonyl (C=O) groups is 1. The van der Waals surface area contributed by atoms with Crippen LogP contribution in [0, 0.1) is 23.2 Å². The van der Waals surface area contributed by atoms with E-state index in [1.54, 1.807) is 0 Å². The molecule has 7 rings (SSSR count). The van der Waals surface area contributed by atoms with Crippen molar-refractivity contribution in [2.45, 2.75) is 133 Å². The number of benzene rings is 3. The summed E-state index contributed by atoms with van der Waals surface area (Å²) in [4.78, 5) is 17.9. The summed E-state index contributed by atoms with van der Waals surface area (Å²) in [5.74, 6) is 5.09. The van der Waals surface area contributed by atoms with Gasteiger partial charge in [0.2, 0.25) is 0 Å². The number of carbonyl (C=O) groups excluding carboxylic acids is 1. The second-order valence-electron chi connectivity index (χ2n) is 16.0. The van der Waals surface area contributed by atoms with E-state index in [9.17, 15) is 0 Å². The highest BCUT2D eigenvalue weighted by Gasteiger charge is 2.58. The van der Waals surface area contributed by atoms with Crippen LogP contribution in [0.3, 0.4) is 0 Å². The Labute approximate surface area is 337 Å². The molecule has 0 N–H and O–H groups in total. The summed E-state index contributed by atoms with van der Waals surface area (Å²) in [6.07, 6.45) is 11.1. The normalized spacial score (nSPS) is 21.4. The molecule has 0 spiro atoms. The first kappa shape index (κ1) is 41.9. The van der Waals surface area contributed by atoms with E-state index >= 15 is 4.79 Å². The zero-order valence-corrected chi connectivity index (χ0v) is 35.6. The highest BCUT2D eigenvalue weighted by atomic mass is 32.3. The molecular formula is C47H66O8S. The molecule has 0 unspecified atom stereocenters. The fourth-order valence-electron chi connectivity index (χ4n) is 9.20. The number of ether oxygens (including phenoxy) is 6.